The van der Waals surface area contributed by atoms with Gasteiger partial charge in [-0.05, 0) is 92.4 Å². The zero-order valence-electron chi connectivity index (χ0n) is 16.5. The molecule has 1 heterocycles. The van der Waals surface area contributed by atoms with E-state index >= 15 is 0 Å². The number of hydrazone groups is 1. The van der Waals surface area contributed by atoms with Crippen molar-refractivity contribution in [2.75, 3.05) is 5.01 Å². The van der Waals surface area contributed by atoms with Crippen LogP contribution in [0.2, 0.25) is 0 Å². The van der Waals surface area contributed by atoms with Crippen LogP contribution < -0.4 is 9.75 Å². The Balaban J connectivity index is 1.55. The molecule has 1 amide bonds. The van der Waals surface area contributed by atoms with Crippen LogP contribution in [0.1, 0.15) is 18.1 Å². The van der Waals surface area contributed by atoms with Crippen LogP contribution in [0, 0.1) is 5.82 Å². The van der Waals surface area contributed by atoms with E-state index in [0.29, 0.717) is 23.6 Å². The number of para-hydroxylation sites is 1. The standard InChI is InChI=1S/C24H17Br2FN2O2/c1-15-20(24(30)29(28-15)19-5-3-2-4-6-19)11-17-12-21(25)23(22(26)13-17)31-14-16-7-9-18(27)10-8-16/h2-13H,14H2,1H3/b20-11+. The lowest BCUT2D eigenvalue weighted by Crippen LogP contribution is -2.21. The molecule has 0 atom stereocenters. The smallest absolute Gasteiger partial charge is 0.280 e. The van der Waals surface area contributed by atoms with Crippen molar-refractivity contribution < 1.29 is 13.9 Å². The first-order valence-electron chi connectivity index (χ1n) is 9.45. The van der Waals surface area contributed by atoms with Crippen LogP contribution in [-0.4, -0.2) is 11.6 Å². The zero-order chi connectivity index (χ0) is 22.0. The largest absolute Gasteiger partial charge is 0.487 e. The number of hydrogen-bond donors (Lipinski definition) is 0. The Hall–Kier alpha value is -2.77. The van der Waals surface area contributed by atoms with Gasteiger partial charge in [-0.1, -0.05) is 30.3 Å². The molecule has 0 saturated heterocycles. The van der Waals surface area contributed by atoms with Gasteiger partial charge in [0.2, 0.25) is 0 Å². The van der Waals surface area contributed by atoms with Gasteiger partial charge in [-0.2, -0.15) is 10.1 Å². The Morgan fingerprint density at radius 2 is 1.68 bits per heavy atom. The summed E-state index contributed by atoms with van der Waals surface area (Å²) in [6.45, 7) is 2.12. The van der Waals surface area contributed by atoms with E-state index in [1.54, 1.807) is 12.1 Å². The van der Waals surface area contributed by atoms with Crippen molar-refractivity contribution in [3.05, 3.63) is 98.2 Å². The van der Waals surface area contributed by atoms with Gasteiger partial charge in [0.25, 0.3) is 5.91 Å². The van der Waals surface area contributed by atoms with Gasteiger partial charge in [0.05, 0.1) is 25.9 Å². The van der Waals surface area contributed by atoms with E-state index in [-0.39, 0.29) is 11.7 Å². The van der Waals surface area contributed by atoms with Crippen molar-refractivity contribution >= 4 is 55.2 Å². The fourth-order valence-electron chi connectivity index (χ4n) is 3.13. The molecule has 0 spiro atoms. The molecule has 4 nitrogen and oxygen atoms in total. The van der Waals surface area contributed by atoms with Gasteiger partial charge in [0.15, 0.2) is 0 Å². The van der Waals surface area contributed by atoms with E-state index in [2.05, 4.69) is 37.0 Å². The summed E-state index contributed by atoms with van der Waals surface area (Å²) in [6.07, 6.45) is 1.81. The number of ether oxygens (including phenoxy) is 1. The Bertz CT molecular complexity index is 1170. The fourth-order valence-corrected chi connectivity index (χ4v) is 4.58. The minimum Gasteiger partial charge on any atom is -0.487 e. The van der Waals surface area contributed by atoms with Crippen LogP contribution in [0.25, 0.3) is 6.08 Å². The molecule has 0 N–H and O–H groups in total. The molecule has 3 aromatic carbocycles. The normalized spacial score (nSPS) is 14.8. The maximum Gasteiger partial charge on any atom is 0.280 e. The Morgan fingerprint density at radius 3 is 2.32 bits per heavy atom. The Kier molecular flexibility index (Phi) is 6.34. The van der Waals surface area contributed by atoms with E-state index in [1.165, 1.54) is 17.1 Å². The minimum absolute atomic E-state index is 0.174. The molecule has 0 unspecified atom stereocenters. The highest BCUT2D eigenvalue weighted by Gasteiger charge is 2.28. The maximum absolute atomic E-state index is 13.1. The molecule has 3 aromatic rings. The first-order chi connectivity index (χ1) is 14.9. The van der Waals surface area contributed by atoms with Crippen LogP contribution in [0.5, 0.6) is 5.75 Å². The molecular weight excluding hydrogens is 527 g/mol. The first-order valence-corrected chi connectivity index (χ1v) is 11.0. The van der Waals surface area contributed by atoms with Crippen molar-refractivity contribution in [2.24, 2.45) is 5.10 Å². The van der Waals surface area contributed by atoms with Crippen molar-refractivity contribution in [3.8, 4) is 5.75 Å². The summed E-state index contributed by atoms with van der Waals surface area (Å²) in [7, 11) is 0. The number of carbonyl (C=O) groups is 1. The number of carbonyl (C=O) groups excluding carboxylic acids is 1. The summed E-state index contributed by atoms with van der Waals surface area (Å²) in [4.78, 5) is 12.9. The Labute approximate surface area is 196 Å². The first kappa shape index (κ1) is 21.5. The number of hydrogen-bond acceptors (Lipinski definition) is 3. The molecule has 0 bridgehead atoms. The third-order valence-electron chi connectivity index (χ3n) is 4.69. The number of halogens is 3. The van der Waals surface area contributed by atoms with E-state index in [4.69, 9.17) is 4.74 Å². The van der Waals surface area contributed by atoms with Gasteiger partial charge in [0, 0.05) is 0 Å². The lowest BCUT2D eigenvalue weighted by Gasteiger charge is -2.12. The fraction of sp³-hybridized carbons (Fsp3) is 0.0833. The van der Waals surface area contributed by atoms with E-state index < -0.39 is 0 Å². The van der Waals surface area contributed by atoms with Gasteiger partial charge in [-0.3, -0.25) is 4.79 Å². The molecule has 0 aliphatic carbocycles. The van der Waals surface area contributed by atoms with E-state index in [1.807, 2.05) is 55.5 Å². The lowest BCUT2D eigenvalue weighted by molar-refractivity contribution is -0.114. The molecular formula is C24H17Br2FN2O2. The molecule has 0 radical (unpaired) electrons. The predicted octanol–water partition coefficient (Wildman–Crippen LogP) is 6.74. The minimum atomic E-state index is -0.283. The van der Waals surface area contributed by atoms with Gasteiger partial charge in [-0.15, -0.1) is 0 Å². The SMILES string of the molecule is CC1=NN(c2ccccc2)C(=O)/C1=C/c1cc(Br)c(OCc2ccc(F)cc2)c(Br)c1. The van der Waals surface area contributed by atoms with Gasteiger partial charge in [-0.25, -0.2) is 4.39 Å². The monoisotopic (exact) mass is 542 g/mol. The quantitative estimate of drug-likeness (QED) is 0.334. The number of amides is 1. The number of benzene rings is 3. The second-order valence-electron chi connectivity index (χ2n) is 6.92. The molecule has 156 valence electrons. The Morgan fingerprint density at radius 1 is 1.03 bits per heavy atom. The lowest BCUT2D eigenvalue weighted by atomic mass is 10.1. The van der Waals surface area contributed by atoms with Crippen molar-refractivity contribution in [1.29, 1.82) is 0 Å². The molecule has 1 aliphatic rings. The number of rotatable bonds is 5. The highest BCUT2D eigenvalue weighted by Crippen LogP contribution is 2.36. The van der Waals surface area contributed by atoms with Crippen molar-refractivity contribution in [2.45, 2.75) is 13.5 Å². The third kappa shape index (κ3) is 4.78. The molecule has 0 saturated carbocycles. The van der Waals surface area contributed by atoms with Gasteiger partial charge in [0.1, 0.15) is 18.2 Å². The van der Waals surface area contributed by atoms with Crippen LogP contribution in [0.4, 0.5) is 10.1 Å². The molecule has 0 fully saturated rings. The zero-order valence-corrected chi connectivity index (χ0v) is 19.7. The summed E-state index contributed by atoms with van der Waals surface area (Å²) >= 11 is 7.08. The van der Waals surface area contributed by atoms with Crippen LogP contribution in [0.3, 0.4) is 0 Å². The molecule has 1 aliphatic heterocycles. The summed E-state index contributed by atoms with van der Waals surface area (Å²) < 4.78 is 20.4. The molecule has 31 heavy (non-hydrogen) atoms. The second kappa shape index (κ2) is 9.16. The average molecular weight is 544 g/mol. The number of anilines is 1. The van der Waals surface area contributed by atoms with Crippen LogP contribution >= 0.6 is 31.9 Å². The molecule has 7 heteroatoms. The topological polar surface area (TPSA) is 41.9 Å². The highest BCUT2D eigenvalue weighted by atomic mass is 79.9. The summed E-state index contributed by atoms with van der Waals surface area (Å²) in [5, 5.41) is 5.81. The van der Waals surface area contributed by atoms with Crippen LogP contribution in [-0.2, 0) is 11.4 Å². The third-order valence-corrected chi connectivity index (χ3v) is 5.87. The van der Waals surface area contributed by atoms with E-state index in [0.717, 1.165) is 25.8 Å². The highest BCUT2D eigenvalue weighted by molar-refractivity contribution is 9.11. The summed E-state index contributed by atoms with van der Waals surface area (Å²) in [5.41, 5.74) is 3.58. The van der Waals surface area contributed by atoms with E-state index in [9.17, 15) is 9.18 Å². The maximum atomic E-state index is 13.1. The second-order valence-corrected chi connectivity index (χ2v) is 8.63. The summed E-state index contributed by atoms with van der Waals surface area (Å²) in [6, 6.07) is 19.3. The van der Waals surface area contributed by atoms with Crippen molar-refractivity contribution in [3.63, 3.8) is 0 Å². The average Bonchev–Trinajstić information content (AvgIpc) is 3.03. The van der Waals surface area contributed by atoms with Crippen LogP contribution in [0.15, 0.2) is 86.3 Å². The predicted molar refractivity (Wildman–Crippen MR) is 128 cm³/mol. The molecule has 0 aromatic heterocycles. The van der Waals surface area contributed by atoms with Gasteiger partial charge < -0.3 is 4.74 Å². The summed E-state index contributed by atoms with van der Waals surface area (Å²) in [5.74, 6) is 0.169. The number of nitrogens with zero attached hydrogens (tertiary/aromatic N) is 2. The van der Waals surface area contributed by atoms with Gasteiger partial charge >= 0.3 is 0 Å². The van der Waals surface area contributed by atoms with Crippen molar-refractivity contribution in [1.82, 2.24) is 0 Å². The molecule has 4 rings (SSSR count).